The van der Waals surface area contributed by atoms with Gasteiger partial charge in [0.25, 0.3) is 0 Å². The first-order valence-corrected chi connectivity index (χ1v) is 8.50. The van der Waals surface area contributed by atoms with Crippen molar-refractivity contribution in [2.45, 2.75) is 11.1 Å². The number of alkyl halides is 3. The van der Waals surface area contributed by atoms with Gasteiger partial charge >= 0.3 is 6.18 Å². The molecule has 2 aromatic carbocycles. The van der Waals surface area contributed by atoms with Gasteiger partial charge in [-0.05, 0) is 35.4 Å². The van der Waals surface area contributed by atoms with Gasteiger partial charge in [-0.2, -0.15) is 13.2 Å². The number of halogens is 6. The van der Waals surface area contributed by atoms with E-state index in [9.17, 15) is 17.4 Å². The van der Waals surface area contributed by atoms with Crippen molar-refractivity contribution in [1.82, 2.24) is 0 Å². The van der Waals surface area contributed by atoms with Crippen molar-refractivity contribution in [2.75, 3.05) is 6.26 Å². The SMILES string of the molecule is CS(=O)c1cc(C(F)(F)F)ccc1-c1cc(Cl)c(Cl)c(Cl)c1. The van der Waals surface area contributed by atoms with Crippen molar-refractivity contribution in [2.24, 2.45) is 0 Å². The van der Waals surface area contributed by atoms with Crippen LogP contribution in [0.2, 0.25) is 15.1 Å². The van der Waals surface area contributed by atoms with E-state index in [1.54, 1.807) is 0 Å². The smallest absolute Gasteiger partial charge is 0.255 e. The minimum atomic E-state index is -4.51. The molecule has 0 aliphatic rings. The Bertz CT molecular complexity index is 736. The lowest BCUT2D eigenvalue weighted by molar-refractivity contribution is -0.137. The minimum absolute atomic E-state index is 0.0456. The molecule has 0 heterocycles. The van der Waals surface area contributed by atoms with Crippen LogP contribution in [0.1, 0.15) is 5.56 Å². The zero-order valence-electron chi connectivity index (χ0n) is 11.0. The van der Waals surface area contributed by atoms with Crippen LogP contribution in [-0.4, -0.2) is 10.5 Å². The molecular weight excluding hydrogens is 380 g/mol. The van der Waals surface area contributed by atoms with Gasteiger partial charge in [0, 0.05) is 11.2 Å². The first-order chi connectivity index (χ1) is 10.1. The first kappa shape index (κ1) is 17.6. The van der Waals surface area contributed by atoms with Gasteiger partial charge in [0.05, 0.1) is 31.4 Å². The predicted octanol–water partition coefficient (Wildman–Crippen LogP) is 6.07. The fourth-order valence-electron chi connectivity index (χ4n) is 1.89. The highest BCUT2D eigenvalue weighted by Crippen LogP contribution is 2.39. The van der Waals surface area contributed by atoms with Crippen LogP contribution in [0.15, 0.2) is 35.2 Å². The summed E-state index contributed by atoms with van der Waals surface area (Å²) in [7, 11) is -1.62. The van der Waals surface area contributed by atoms with Crippen molar-refractivity contribution in [1.29, 1.82) is 0 Å². The summed E-state index contributed by atoms with van der Waals surface area (Å²) >= 11 is 17.7. The molecule has 0 aliphatic carbocycles. The number of benzene rings is 2. The van der Waals surface area contributed by atoms with Gasteiger partial charge < -0.3 is 0 Å². The van der Waals surface area contributed by atoms with Crippen LogP contribution in [0.4, 0.5) is 13.2 Å². The van der Waals surface area contributed by atoms with Crippen LogP contribution >= 0.6 is 34.8 Å². The Labute approximate surface area is 142 Å². The molecule has 0 bridgehead atoms. The zero-order valence-corrected chi connectivity index (χ0v) is 14.1. The Morgan fingerprint density at radius 2 is 1.55 bits per heavy atom. The van der Waals surface area contributed by atoms with Crippen LogP contribution < -0.4 is 0 Å². The number of hydrogen-bond donors (Lipinski definition) is 0. The first-order valence-electron chi connectivity index (χ1n) is 5.81. The van der Waals surface area contributed by atoms with E-state index >= 15 is 0 Å². The monoisotopic (exact) mass is 386 g/mol. The normalized spacial score (nSPS) is 13.2. The van der Waals surface area contributed by atoms with Gasteiger partial charge in [-0.25, -0.2) is 0 Å². The molecule has 118 valence electrons. The number of hydrogen-bond acceptors (Lipinski definition) is 1. The van der Waals surface area contributed by atoms with Crippen LogP contribution in [0.5, 0.6) is 0 Å². The van der Waals surface area contributed by atoms with Gasteiger partial charge in [-0.3, -0.25) is 4.21 Å². The van der Waals surface area contributed by atoms with Gasteiger partial charge in [-0.1, -0.05) is 40.9 Å². The summed E-state index contributed by atoms with van der Waals surface area (Å²) < 4.78 is 50.2. The lowest BCUT2D eigenvalue weighted by atomic mass is 10.0. The fourth-order valence-corrected chi connectivity index (χ4v) is 3.27. The Morgan fingerprint density at radius 1 is 1.00 bits per heavy atom. The Morgan fingerprint density at radius 3 is 2.00 bits per heavy atom. The van der Waals surface area contributed by atoms with E-state index < -0.39 is 22.5 Å². The third kappa shape index (κ3) is 3.59. The summed E-state index contributed by atoms with van der Waals surface area (Å²) in [5.41, 5.74) is -0.0692. The van der Waals surface area contributed by atoms with Gasteiger partial charge in [0.15, 0.2) is 0 Å². The largest absolute Gasteiger partial charge is 0.416 e. The highest BCUT2D eigenvalue weighted by molar-refractivity contribution is 7.84. The van der Waals surface area contributed by atoms with Gasteiger partial charge in [0.2, 0.25) is 0 Å². The quantitative estimate of drug-likeness (QED) is 0.572. The Hall–Kier alpha value is -0.750. The van der Waals surface area contributed by atoms with E-state index in [0.717, 1.165) is 12.1 Å². The summed E-state index contributed by atoms with van der Waals surface area (Å²) in [5, 5.41) is 0.479. The summed E-state index contributed by atoms with van der Waals surface area (Å²) in [6, 6.07) is 5.96. The molecule has 1 nitrogen and oxygen atoms in total. The zero-order chi connectivity index (χ0) is 16.7. The maximum Gasteiger partial charge on any atom is 0.416 e. The van der Waals surface area contributed by atoms with E-state index in [4.69, 9.17) is 34.8 Å². The topological polar surface area (TPSA) is 17.1 Å². The standard InChI is InChI=1S/C14H8Cl3F3OS/c1-22(21)12-6-8(14(18,19)20)2-3-9(12)7-4-10(15)13(17)11(16)5-7/h2-6H,1H3. The van der Waals surface area contributed by atoms with Crippen molar-refractivity contribution in [3.63, 3.8) is 0 Å². The molecule has 22 heavy (non-hydrogen) atoms. The molecule has 0 fully saturated rings. The maximum absolute atomic E-state index is 12.8. The summed E-state index contributed by atoms with van der Waals surface area (Å²) in [5.74, 6) is 0. The van der Waals surface area contributed by atoms with E-state index in [1.165, 1.54) is 24.5 Å². The van der Waals surface area contributed by atoms with Crippen LogP contribution in [-0.2, 0) is 17.0 Å². The maximum atomic E-state index is 12.8. The second-order valence-electron chi connectivity index (χ2n) is 4.42. The molecule has 1 atom stereocenters. The van der Waals surface area contributed by atoms with Gasteiger partial charge in [-0.15, -0.1) is 0 Å². The molecule has 8 heteroatoms. The lowest BCUT2D eigenvalue weighted by Gasteiger charge is -2.13. The molecule has 2 rings (SSSR count). The number of rotatable bonds is 2. The van der Waals surface area contributed by atoms with E-state index in [1.807, 2.05) is 0 Å². The van der Waals surface area contributed by atoms with Crippen molar-refractivity contribution in [3.8, 4) is 11.1 Å². The second-order valence-corrected chi connectivity index (χ2v) is 6.96. The average molecular weight is 388 g/mol. The Balaban J connectivity index is 2.68. The molecule has 2 aromatic rings. The molecule has 0 radical (unpaired) electrons. The van der Waals surface area contributed by atoms with Crippen molar-refractivity contribution in [3.05, 3.63) is 51.0 Å². The van der Waals surface area contributed by atoms with Crippen LogP contribution in [0, 0.1) is 0 Å². The fraction of sp³-hybridized carbons (Fsp3) is 0.143. The molecule has 0 saturated heterocycles. The van der Waals surface area contributed by atoms with Crippen molar-refractivity contribution >= 4 is 45.6 Å². The molecule has 0 spiro atoms. The molecule has 0 amide bonds. The molecule has 0 aliphatic heterocycles. The third-order valence-corrected chi connectivity index (χ3v) is 5.07. The molecule has 0 N–H and O–H groups in total. The molecule has 0 aromatic heterocycles. The predicted molar refractivity (Wildman–Crippen MR) is 84.2 cm³/mol. The van der Waals surface area contributed by atoms with Gasteiger partial charge in [0.1, 0.15) is 0 Å². The summed E-state index contributed by atoms with van der Waals surface area (Å²) in [6.07, 6.45) is -3.21. The van der Waals surface area contributed by atoms with E-state index in [0.29, 0.717) is 11.1 Å². The Kier molecular flexibility index (Phi) is 5.12. The molecule has 1 unspecified atom stereocenters. The summed E-state index contributed by atoms with van der Waals surface area (Å²) in [6.45, 7) is 0. The highest BCUT2D eigenvalue weighted by atomic mass is 35.5. The summed E-state index contributed by atoms with van der Waals surface area (Å²) in [4.78, 5) is 0.0456. The van der Waals surface area contributed by atoms with E-state index in [2.05, 4.69) is 0 Å². The molecule has 0 saturated carbocycles. The highest BCUT2D eigenvalue weighted by Gasteiger charge is 2.31. The van der Waals surface area contributed by atoms with Crippen molar-refractivity contribution < 1.29 is 17.4 Å². The average Bonchev–Trinajstić information content (AvgIpc) is 2.42. The van der Waals surface area contributed by atoms with Crippen LogP contribution in [0.25, 0.3) is 11.1 Å². The third-order valence-electron chi connectivity index (χ3n) is 2.91. The van der Waals surface area contributed by atoms with E-state index in [-0.39, 0.29) is 20.0 Å². The molecular formula is C14H8Cl3F3OS. The van der Waals surface area contributed by atoms with Crippen LogP contribution in [0.3, 0.4) is 0 Å². The second kappa shape index (κ2) is 6.40. The minimum Gasteiger partial charge on any atom is -0.255 e. The lowest BCUT2D eigenvalue weighted by Crippen LogP contribution is -2.06.